The summed E-state index contributed by atoms with van der Waals surface area (Å²) in [7, 11) is 0. The topological polar surface area (TPSA) is 55.8 Å². The molecule has 2 heterocycles. The van der Waals surface area contributed by atoms with E-state index < -0.39 is 0 Å². The van der Waals surface area contributed by atoms with E-state index in [9.17, 15) is 4.79 Å². The van der Waals surface area contributed by atoms with Crippen LogP contribution in [0.1, 0.15) is 38.5 Å². The first-order valence-corrected chi connectivity index (χ1v) is 9.27. The number of amides is 1. The van der Waals surface area contributed by atoms with Crippen LogP contribution in [0.5, 0.6) is 0 Å². The highest BCUT2D eigenvalue weighted by Crippen LogP contribution is 2.26. The van der Waals surface area contributed by atoms with Crippen LogP contribution in [-0.2, 0) is 4.79 Å². The molecule has 1 aromatic carbocycles. The molecule has 0 saturated carbocycles. The second kappa shape index (κ2) is 8.49. The molecule has 132 valence electrons. The van der Waals surface area contributed by atoms with Gasteiger partial charge in [0.2, 0.25) is 5.91 Å². The van der Waals surface area contributed by atoms with E-state index in [-0.39, 0.29) is 5.91 Å². The number of carbonyl (C=O) groups is 1. The van der Waals surface area contributed by atoms with Crippen molar-refractivity contribution >= 4 is 17.3 Å². The molecule has 0 aromatic heterocycles. The summed E-state index contributed by atoms with van der Waals surface area (Å²) in [5.41, 5.74) is 2.28. The third-order valence-corrected chi connectivity index (χ3v) is 5.11. The molecule has 5 nitrogen and oxygen atoms in total. The van der Waals surface area contributed by atoms with Crippen molar-refractivity contribution in [3.8, 4) is 0 Å². The average molecular weight is 331 g/mol. The van der Waals surface area contributed by atoms with Crippen LogP contribution in [0.4, 0.5) is 11.4 Å². The Morgan fingerprint density at radius 2 is 1.75 bits per heavy atom. The van der Waals surface area contributed by atoms with Crippen molar-refractivity contribution in [2.24, 2.45) is 0 Å². The second-order valence-electron chi connectivity index (χ2n) is 6.81. The van der Waals surface area contributed by atoms with Gasteiger partial charge in [-0.3, -0.25) is 4.79 Å². The van der Waals surface area contributed by atoms with E-state index >= 15 is 0 Å². The third kappa shape index (κ3) is 4.28. The molecular weight excluding hydrogens is 302 g/mol. The zero-order chi connectivity index (χ0) is 16.8. The molecular formula is C19H29N3O2. The lowest BCUT2D eigenvalue weighted by atomic mass is 10.0. The number of benzene rings is 1. The van der Waals surface area contributed by atoms with Crippen LogP contribution in [0.3, 0.4) is 0 Å². The Labute approximate surface area is 144 Å². The number of nitrogens with zero attached hydrogens (tertiary/aromatic N) is 2. The lowest BCUT2D eigenvalue weighted by Gasteiger charge is -2.34. The van der Waals surface area contributed by atoms with Crippen LogP contribution in [0.15, 0.2) is 24.3 Å². The van der Waals surface area contributed by atoms with Crippen molar-refractivity contribution in [3.05, 3.63) is 24.3 Å². The zero-order valence-electron chi connectivity index (χ0n) is 14.4. The van der Waals surface area contributed by atoms with Crippen LogP contribution in [-0.4, -0.2) is 49.8 Å². The van der Waals surface area contributed by atoms with Crippen LogP contribution in [0.25, 0.3) is 0 Å². The predicted molar refractivity (Wildman–Crippen MR) is 97.6 cm³/mol. The summed E-state index contributed by atoms with van der Waals surface area (Å²) in [4.78, 5) is 16.1. The number of rotatable bonds is 7. The molecule has 0 aliphatic carbocycles. The van der Waals surface area contributed by atoms with E-state index in [2.05, 4.69) is 34.5 Å². The van der Waals surface area contributed by atoms with Gasteiger partial charge >= 0.3 is 0 Å². The van der Waals surface area contributed by atoms with Crippen molar-refractivity contribution < 1.29 is 9.90 Å². The molecule has 1 aromatic rings. The number of aliphatic hydroxyl groups is 1. The highest BCUT2D eigenvalue weighted by molar-refractivity contribution is 5.95. The van der Waals surface area contributed by atoms with Crippen molar-refractivity contribution in [2.45, 2.75) is 44.6 Å². The molecule has 2 aliphatic rings. The summed E-state index contributed by atoms with van der Waals surface area (Å²) < 4.78 is 0. The van der Waals surface area contributed by atoms with Gasteiger partial charge in [0.1, 0.15) is 0 Å². The van der Waals surface area contributed by atoms with Gasteiger partial charge in [0.15, 0.2) is 0 Å². The van der Waals surface area contributed by atoms with Crippen molar-refractivity contribution in [1.82, 2.24) is 5.32 Å². The Bertz CT molecular complexity index is 524. The number of unbranched alkanes of at least 4 members (excludes halogenated alkanes) is 1. The normalized spacial score (nSPS) is 19.3. The van der Waals surface area contributed by atoms with Gasteiger partial charge in [0, 0.05) is 50.1 Å². The summed E-state index contributed by atoms with van der Waals surface area (Å²) in [6, 6.07) is 9.06. The first-order chi connectivity index (χ1) is 11.8. The molecule has 2 N–H and O–H groups in total. The number of piperidine rings is 1. The average Bonchev–Trinajstić information content (AvgIpc) is 3.05. The Hall–Kier alpha value is -1.59. The van der Waals surface area contributed by atoms with Gasteiger partial charge in [-0.05, 0) is 62.9 Å². The number of anilines is 2. The summed E-state index contributed by atoms with van der Waals surface area (Å²) in [5, 5.41) is 12.4. The summed E-state index contributed by atoms with van der Waals surface area (Å²) >= 11 is 0. The Balaban J connectivity index is 1.47. The van der Waals surface area contributed by atoms with Crippen molar-refractivity contribution in [1.29, 1.82) is 0 Å². The number of hydrogen-bond acceptors (Lipinski definition) is 4. The third-order valence-electron chi connectivity index (χ3n) is 5.11. The molecule has 0 unspecified atom stereocenters. The molecule has 3 rings (SSSR count). The zero-order valence-corrected chi connectivity index (χ0v) is 14.4. The molecule has 0 bridgehead atoms. The smallest absolute Gasteiger partial charge is 0.227 e. The van der Waals surface area contributed by atoms with E-state index in [1.165, 1.54) is 5.69 Å². The van der Waals surface area contributed by atoms with Crippen molar-refractivity contribution in [3.63, 3.8) is 0 Å². The van der Waals surface area contributed by atoms with Crippen LogP contribution in [0, 0.1) is 0 Å². The Morgan fingerprint density at radius 1 is 1.04 bits per heavy atom. The monoisotopic (exact) mass is 331 g/mol. The first kappa shape index (κ1) is 17.2. The fourth-order valence-electron chi connectivity index (χ4n) is 3.65. The standard InChI is InChI=1S/C19H29N3O2/c23-15-2-1-11-20-16-9-13-21(14-10-16)17-5-7-18(8-6-17)22-12-3-4-19(22)24/h5-8,16,20,23H,1-4,9-15H2. The van der Waals surface area contributed by atoms with Crippen LogP contribution >= 0.6 is 0 Å². The summed E-state index contributed by atoms with van der Waals surface area (Å²) in [6.07, 6.45) is 5.90. The molecule has 24 heavy (non-hydrogen) atoms. The maximum absolute atomic E-state index is 11.8. The fraction of sp³-hybridized carbons (Fsp3) is 0.632. The van der Waals surface area contributed by atoms with Gasteiger partial charge in [-0.15, -0.1) is 0 Å². The molecule has 2 saturated heterocycles. The molecule has 0 radical (unpaired) electrons. The van der Waals surface area contributed by atoms with Gasteiger partial charge in [0.05, 0.1) is 0 Å². The number of aliphatic hydroxyl groups excluding tert-OH is 1. The van der Waals surface area contributed by atoms with Gasteiger partial charge < -0.3 is 20.2 Å². The lowest BCUT2D eigenvalue weighted by molar-refractivity contribution is -0.117. The minimum atomic E-state index is 0.246. The highest BCUT2D eigenvalue weighted by atomic mass is 16.2. The molecule has 0 atom stereocenters. The maximum atomic E-state index is 11.8. The van der Waals surface area contributed by atoms with E-state index in [4.69, 9.17) is 5.11 Å². The number of nitrogens with one attached hydrogen (secondary N) is 1. The minimum Gasteiger partial charge on any atom is -0.396 e. The largest absolute Gasteiger partial charge is 0.396 e. The fourth-order valence-corrected chi connectivity index (χ4v) is 3.65. The first-order valence-electron chi connectivity index (χ1n) is 9.27. The highest BCUT2D eigenvalue weighted by Gasteiger charge is 2.22. The summed E-state index contributed by atoms with van der Waals surface area (Å²) in [5.74, 6) is 0.246. The summed E-state index contributed by atoms with van der Waals surface area (Å²) in [6.45, 7) is 4.29. The maximum Gasteiger partial charge on any atom is 0.227 e. The van der Waals surface area contributed by atoms with Gasteiger partial charge in [0.25, 0.3) is 0 Å². The van der Waals surface area contributed by atoms with Crippen LogP contribution < -0.4 is 15.1 Å². The van der Waals surface area contributed by atoms with Gasteiger partial charge in [-0.1, -0.05) is 0 Å². The van der Waals surface area contributed by atoms with Gasteiger partial charge in [-0.2, -0.15) is 0 Å². The van der Waals surface area contributed by atoms with Gasteiger partial charge in [-0.25, -0.2) is 0 Å². The van der Waals surface area contributed by atoms with E-state index in [1.807, 2.05) is 4.90 Å². The van der Waals surface area contributed by atoms with E-state index in [0.29, 0.717) is 19.1 Å². The Morgan fingerprint density at radius 3 is 2.38 bits per heavy atom. The van der Waals surface area contributed by atoms with Crippen molar-refractivity contribution in [2.75, 3.05) is 42.6 Å². The van der Waals surface area contributed by atoms with E-state index in [1.54, 1.807) is 0 Å². The molecule has 2 aliphatic heterocycles. The second-order valence-corrected chi connectivity index (χ2v) is 6.81. The lowest BCUT2D eigenvalue weighted by Crippen LogP contribution is -2.42. The molecule has 2 fully saturated rings. The molecule has 5 heteroatoms. The predicted octanol–water partition coefficient (Wildman–Crippen LogP) is 2.14. The number of hydrogen-bond donors (Lipinski definition) is 2. The molecule has 0 spiro atoms. The SMILES string of the molecule is O=C1CCCN1c1ccc(N2CCC(NCCCCO)CC2)cc1. The Kier molecular flexibility index (Phi) is 6.10. The van der Waals surface area contributed by atoms with E-state index in [0.717, 1.165) is 64.0 Å². The quantitative estimate of drug-likeness (QED) is 0.752. The number of carbonyl (C=O) groups excluding carboxylic acids is 1. The molecule has 1 amide bonds. The minimum absolute atomic E-state index is 0.246. The van der Waals surface area contributed by atoms with Crippen LogP contribution in [0.2, 0.25) is 0 Å².